The fourth-order valence-corrected chi connectivity index (χ4v) is 2.91. The molecule has 0 aliphatic rings. The van der Waals surface area contributed by atoms with Crippen LogP contribution in [0.1, 0.15) is 10.4 Å². The molecule has 0 saturated carbocycles. The molecule has 2 aromatic rings. The van der Waals surface area contributed by atoms with Gasteiger partial charge in [0.05, 0.1) is 16.0 Å². The molecule has 2 nitrogen and oxygen atoms in total. The maximum Gasteiger partial charge on any atom is 0.0992 e. The number of nitrogens with one attached hydrogen (secondary N) is 1. The van der Waals surface area contributed by atoms with Crippen LogP contribution in [0.15, 0.2) is 34.8 Å². The van der Waals surface area contributed by atoms with Crippen LogP contribution in [0.25, 0.3) is 0 Å². The molecule has 2 rings (SSSR count). The van der Waals surface area contributed by atoms with E-state index in [2.05, 4.69) is 27.3 Å². The molecule has 5 heteroatoms. The van der Waals surface area contributed by atoms with Gasteiger partial charge in [-0.05, 0) is 30.3 Å². The van der Waals surface area contributed by atoms with Crippen molar-refractivity contribution >= 4 is 44.6 Å². The van der Waals surface area contributed by atoms with Crippen molar-refractivity contribution in [3.05, 3.63) is 49.6 Å². The monoisotopic (exact) mass is 326 g/mol. The molecule has 0 atom stereocenters. The average molecular weight is 328 g/mol. The summed E-state index contributed by atoms with van der Waals surface area (Å²) in [5.41, 5.74) is 1.55. The Balaban J connectivity index is 2.09. The molecule has 0 unspecified atom stereocenters. The fraction of sp³-hybridized carbons (Fsp3) is 0.0833. The van der Waals surface area contributed by atoms with Crippen molar-refractivity contribution in [3.63, 3.8) is 0 Å². The first-order valence-corrected chi connectivity index (χ1v) is 6.85. The Kier molecular flexibility index (Phi) is 4.06. The number of hydrogen-bond donors (Lipinski definition) is 1. The van der Waals surface area contributed by atoms with Crippen molar-refractivity contribution in [1.29, 1.82) is 5.26 Å². The van der Waals surface area contributed by atoms with Crippen molar-refractivity contribution in [3.8, 4) is 6.07 Å². The topological polar surface area (TPSA) is 35.8 Å². The second kappa shape index (κ2) is 5.54. The number of thiophene rings is 1. The summed E-state index contributed by atoms with van der Waals surface area (Å²) in [5, 5.41) is 12.1. The Labute approximate surface area is 117 Å². The zero-order chi connectivity index (χ0) is 12.3. The summed E-state index contributed by atoms with van der Waals surface area (Å²) in [6.45, 7) is 0.707. The van der Waals surface area contributed by atoms with Crippen LogP contribution in [0, 0.1) is 11.3 Å². The molecule has 0 radical (unpaired) electrons. The highest BCUT2D eigenvalue weighted by Crippen LogP contribution is 2.24. The van der Waals surface area contributed by atoms with Crippen LogP contribution in [-0.2, 0) is 6.54 Å². The first-order chi connectivity index (χ1) is 8.17. The van der Waals surface area contributed by atoms with Crippen LogP contribution >= 0.6 is 38.9 Å². The highest BCUT2D eigenvalue weighted by molar-refractivity contribution is 9.10. The molecular weight excluding hydrogens is 320 g/mol. The van der Waals surface area contributed by atoms with E-state index >= 15 is 0 Å². The first kappa shape index (κ1) is 12.4. The van der Waals surface area contributed by atoms with E-state index in [-0.39, 0.29) is 0 Å². The average Bonchev–Trinajstić information content (AvgIpc) is 2.72. The summed E-state index contributed by atoms with van der Waals surface area (Å²) in [5.74, 6) is 0. The molecule has 1 heterocycles. The van der Waals surface area contributed by atoms with Crippen LogP contribution in [0.2, 0.25) is 4.34 Å². The SMILES string of the molecule is N#Cc1cc(Br)cc(NCc2ccc(Cl)s2)c1. The van der Waals surface area contributed by atoms with E-state index in [4.69, 9.17) is 16.9 Å². The fourth-order valence-electron chi connectivity index (χ4n) is 1.39. The summed E-state index contributed by atoms with van der Waals surface area (Å²) in [4.78, 5) is 1.16. The largest absolute Gasteiger partial charge is 0.380 e. The van der Waals surface area contributed by atoms with Crippen molar-refractivity contribution in [2.24, 2.45) is 0 Å². The number of halogens is 2. The zero-order valence-electron chi connectivity index (χ0n) is 8.71. The lowest BCUT2D eigenvalue weighted by atomic mass is 10.2. The summed E-state index contributed by atoms with van der Waals surface area (Å²) in [6.07, 6.45) is 0. The Morgan fingerprint density at radius 3 is 2.82 bits per heavy atom. The van der Waals surface area contributed by atoms with Crippen molar-refractivity contribution in [2.45, 2.75) is 6.54 Å². The van der Waals surface area contributed by atoms with Gasteiger partial charge in [-0.25, -0.2) is 0 Å². The Hall–Kier alpha value is -1.02. The zero-order valence-corrected chi connectivity index (χ0v) is 11.9. The Morgan fingerprint density at radius 2 is 2.18 bits per heavy atom. The van der Waals surface area contributed by atoms with E-state index in [9.17, 15) is 0 Å². The van der Waals surface area contributed by atoms with Crippen LogP contribution in [0.4, 0.5) is 5.69 Å². The van der Waals surface area contributed by atoms with Crippen LogP contribution in [0.3, 0.4) is 0 Å². The molecule has 0 aliphatic heterocycles. The number of hydrogen-bond acceptors (Lipinski definition) is 3. The second-order valence-corrected chi connectivity index (χ2v) is 6.12. The van der Waals surface area contributed by atoms with E-state index in [1.54, 1.807) is 17.4 Å². The normalized spacial score (nSPS) is 9.94. The molecule has 0 aliphatic carbocycles. The number of benzene rings is 1. The lowest BCUT2D eigenvalue weighted by Crippen LogP contribution is -1.97. The summed E-state index contributed by atoms with van der Waals surface area (Å²) < 4.78 is 1.68. The Bertz CT molecular complexity index is 574. The van der Waals surface area contributed by atoms with Crippen molar-refractivity contribution in [1.82, 2.24) is 0 Å². The number of anilines is 1. The van der Waals surface area contributed by atoms with Gasteiger partial charge in [0, 0.05) is 21.6 Å². The van der Waals surface area contributed by atoms with Gasteiger partial charge in [-0.2, -0.15) is 5.26 Å². The van der Waals surface area contributed by atoms with Gasteiger partial charge in [-0.3, -0.25) is 0 Å². The lowest BCUT2D eigenvalue weighted by molar-refractivity contribution is 1.19. The predicted molar refractivity (Wildman–Crippen MR) is 75.5 cm³/mol. The summed E-state index contributed by atoms with van der Waals surface area (Å²) in [7, 11) is 0. The maximum absolute atomic E-state index is 8.86. The molecule has 1 N–H and O–H groups in total. The van der Waals surface area contributed by atoms with E-state index in [0.717, 1.165) is 19.4 Å². The minimum atomic E-state index is 0.631. The molecule has 0 amide bonds. The first-order valence-electron chi connectivity index (χ1n) is 4.86. The third-order valence-electron chi connectivity index (χ3n) is 2.12. The van der Waals surface area contributed by atoms with E-state index in [0.29, 0.717) is 12.1 Å². The minimum Gasteiger partial charge on any atom is -0.380 e. The molecule has 86 valence electrons. The third kappa shape index (κ3) is 3.47. The minimum absolute atomic E-state index is 0.631. The van der Waals surface area contributed by atoms with Gasteiger partial charge in [0.2, 0.25) is 0 Å². The summed E-state index contributed by atoms with van der Waals surface area (Å²) in [6, 6.07) is 11.5. The highest BCUT2D eigenvalue weighted by atomic mass is 79.9. The molecule has 1 aromatic carbocycles. The maximum atomic E-state index is 8.86. The lowest BCUT2D eigenvalue weighted by Gasteiger charge is -2.05. The van der Waals surface area contributed by atoms with Crippen LogP contribution < -0.4 is 5.32 Å². The molecule has 0 saturated heterocycles. The van der Waals surface area contributed by atoms with Crippen LogP contribution in [0.5, 0.6) is 0 Å². The summed E-state index contributed by atoms with van der Waals surface area (Å²) >= 11 is 10.8. The Morgan fingerprint density at radius 1 is 1.35 bits per heavy atom. The molecule has 0 fully saturated rings. The van der Waals surface area contributed by atoms with Gasteiger partial charge in [0.25, 0.3) is 0 Å². The third-order valence-corrected chi connectivity index (χ3v) is 3.81. The second-order valence-electron chi connectivity index (χ2n) is 3.40. The predicted octanol–water partition coefficient (Wildman–Crippen LogP) is 4.65. The number of nitrogens with zero attached hydrogens (tertiary/aromatic N) is 1. The van der Waals surface area contributed by atoms with Crippen LogP contribution in [-0.4, -0.2) is 0 Å². The van der Waals surface area contributed by atoms with Crippen molar-refractivity contribution in [2.75, 3.05) is 5.32 Å². The molecule has 0 bridgehead atoms. The van der Waals surface area contributed by atoms with Gasteiger partial charge in [0.15, 0.2) is 0 Å². The highest BCUT2D eigenvalue weighted by Gasteiger charge is 2.01. The number of rotatable bonds is 3. The van der Waals surface area contributed by atoms with Gasteiger partial charge >= 0.3 is 0 Å². The van der Waals surface area contributed by atoms with Gasteiger partial charge in [-0.15, -0.1) is 11.3 Å². The van der Waals surface area contributed by atoms with Crippen molar-refractivity contribution < 1.29 is 0 Å². The molecular formula is C12H8BrClN2S. The van der Waals surface area contributed by atoms with Gasteiger partial charge in [-0.1, -0.05) is 27.5 Å². The quantitative estimate of drug-likeness (QED) is 0.891. The molecule has 17 heavy (non-hydrogen) atoms. The van der Waals surface area contributed by atoms with E-state index in [1.807, 2.05) is 24.3 Å². The molecule has 0 spiro atoms. The van der Waals surface area contributed by atoms with Gasteiger partial charge in [0.1, 0.15) is 0 Å². The van der Waals surface area contributed by atoms with E-state index in [1.165, 1.54) is 0 Å². The van der Waals surface area contributed by atoms with Gasteiger partial charge < -0.3 is 5.32 Å². The molecule has 1 aromatic heterocycles. The standard InChI is InChI=1S/C12H8BrClN2S/c13-9-3-8(6-15)4-10(5-9)16-7-11-1-2-12(14)17-11/h1-5,16H,7H2. The smallest absolute Gasteiger partial charge is 0.0992 e. The number of nitriles is 1. The van der Waals surface area contributed by atoms with E-state index < -0.39 is 0 Å².